The summed E-state index contributed by atoms with van der Waals surface area (Å²) in [6.07, 6.45) is 17.3. The van der Waals surface area contributed by atoms with Gasteiger partial charge in [-0.05, 0) is 6.42 Å². The lowest BCUT2D eigenvalue weighted by Crippen LogP contribution is -2.34. The Morgan fingerprint density at radius 2 is 1.18 bits per heavy atom. The van der Waals surface area contributed by atoms with E-state index in [2.05, 4.69) is 11.4 Å². The summed E-state index contributed by atoms with van der Waals surface area (Å²) in [7, 11) is -4.67. The van der Waals surface area contributed by atoms with E-state index in [1.165, 1.54) is 70.6 Å². The van der Waals surface area contributed by atoms with Crippen molar-refractivity contribution in [2.24, 2.45) is 5.73 Å². The fraction of sp³-hybridized carbons (Fsp3) is 0.889. The minimum atomic E-state index is -4.67. The minimum Gasteiger partial charge on any atom is -0.480 e. The van der Waals surface area contributed by atoms with E-state index in [0.717, 1.165) is 19.3 Å². The third kappa shape index (κ3) is 24.0. The summed E-state index contributed by atoms with van der Waals surface area (Å²) in [5.41, 5.74) is 5.23. The molecule has 0 aromatic rings. The molecule has 0 saturated carbocycles. The highest BCUT2D eigenvalue weighted by atomic mass is 31.2. The van der Waals surface area contributed by atoms with Gasteiger partial charge >= 0.3 is 25.7 Å². The zero-order valence-electron chi connectivity index (χ0n) is 24.0. The number of carboxylic acids is 1. The van der Waals surface area contributed by atoms with Crippen LogP contribution in [0.1, 0.15) is 123 Å². The normalized spacial score (nSPS) is 14.4. The molecule has 3 atom stereocenters. The van der Waals surface area contributed by atoms with Crippen molar-refractivity contribution in [3.63, 3.8) is 0 Å². The Balaban J connectivity index is 4.10. The van der Waals surface area contributed by atoms with Crippen LogP contribution in [0.5, 0.6) is 0 Å². The van der Waals surface area contributed by atoms with Gasteiger partial charge in [0.2, 0.25) is 0 Å². The number of hydrogen-bond donors (Lipinski definition) is 3. The molecule has 0 bridgehead atoms. The van der Waals surface area contributed by atoms with Crippen LogP contribution in [-0.4, -0.2) is 59.9 Å². The number of rotatable bonds is 27. The fourth-order valence-corrected chi connectivity index (χ4v) is 4.53. The second-order valence-electron chi connectivity index (χ2n) is 9.85. The summed E-state index contributed by atoms with van der Waals surface area (Å²) in [6, 6.07) is -1.51. The first-order chi connectivity index (χ1) is 18.6. The third-order valence-corrected chi connectivity index (χ3v) is 7.11. The average molecular weight is 582 g/mol. The molecule has 0 rings (SSSR count). The SMILES string of the molecule is CCCCCCCCCCCCCCCCCC(=O)OC(COC(=O)CC)COP(=O)(O)OCC(N)C(=O)O. The van der Waals surface area contributed by atoms with Crippen LogP contribution < -0.4 is 5.73 Å². The predicted molar refractivity (Wildman–Crippen MR) is 148 cm³/mol. The van der Waals surface area contributed by atoms with Gasteiger partial charge in [-0.15, -0.1) is 0 Å². The molecule has 3 unspecified atom stereocenters. The first kappa shape index (κ1) is 37.5. The lowest BCUT2D eigenvalue weighted by atomic mass is 10.0. The highest BCUT2D eigenvalue weighted by molar-refractivity contribution is 7.47. The molecule has 11 nitrogen and oxygen atoms in total. The standard InChI is InChI=1S/C27H52NO10P/c1-3-5-6-7-8-9-10-11-12-13-14-15-16-17-18-19-26(30)38-23(20-35-25(29)4-2)21-36-39(33,34)37-22-24(28)27(31)32/h23-24H,3-22,28H2,1-2H3,(H,31,32)(H,33,34). The Morgan fingerprint density at radius 3 is 1.64 bits per heavy atom. The molecule has 0 heterocycles. The van der Waals surface area contributed by atoms with E-state index in [4.69, 9.17) is 24.8 Å². The zero-order chi connectivity index (χ0) is 29.4. The smallest absolute Gasteiger partial charge is 0.472 e. The van der Waals surface area contributed by atoms with Gasteiger partial charge in [-0.25, -0.2) is 4.57 Å². The van der Waals surface area contributed by atoms with Crippen molar-refractivity contribution in [2.45, 2.75) is 135 Å². The summed E-state index contributed by atoms with van der Waals surface area (Å²) < 4.78 is 31.6. The lowest BCUT2D eigenvalue weighted by Gasteiger charge is -2.20. The van der Waals surface area contributed by atoms with Crippen LogP contribution in [0, 0.1) is 0 Å². The number of carbonyl (C=O) groups is 3. The van der Waals surface area contributed by atoms with Gasteiger partial charge < -0.3 is 25.2 Å². The molecule has 0 saturated heterocycles. The van der Waals surface area contributed by atoms with Crippen LogP contribution in [0.2, 0.25) is 0 Å². The van der Waals surface area contributed by atoms with Gasteiger partial charge in [0.15, 0.2) is 6.10 Å². The number of ether oxygens (including phenoxy) is 2. The summed E-state index contributed by atoms with van der Waals surface area (Å²) in [5, 5.41) is 8.72. The molecule has 230 valence electrons. The number of esters is 2. The van der Waals surface area contributed by atoms with E-state index >= 15 is 0 Å². The fourth-order valence-electron chi connectivity index (χ4n) is 3.75. The Morgan fingerprint density at radius 1 is 0.718 bits per heavy atom. The number of aliphatic carboxylic acids is 1. The van der Waals surface area contributed by atoms with Gasteiger partial charge in [-0.3, -0.25) is 23.4 Å². The Labute approximate surface area is 234 Å². The molecule has 12 heteroatoms. The summed E-state index contributed by atoms with van der Waals surface area (Å²) in [4.78, 5) is 44.2. The highest BCUT2D eigenvalue weighted by Crippen LogP contribution is 2.43. The Kier molecular flexibility index (Phi) is 23.3. The molecule has 0 aromatic carbocycles. The second-order valence-corrected chi connectivity index (χ2v) is 11.3. The van der Waals surface area contributed by atoms with Crippen molar-refractivity contribution >= 4 is 25.7 Å². The van der Waals surface area contributed by atoms with Crippen molar-refractivity contribution in [1.82, 2.24) is 0 Å². The van der Waals surface area contributed by atoms with E-state index in [1.807, 2.05) is 0 Å². The predicted octanol–water partition coefficient (Wildman–Crippen LogP) is 5.66. The minimum absolute atomic E-state index is 0.106. The number of carbonyl (C=O) groups excluding carboxylic acids is 2. The van der Waals surface area contributed by atoms with Crippen LogP contribution >= 0.6 is 7.82 Å². The monoisotopic (exact) mass is 581 g/mol. The van der Waals surface area contributed by atoms with Crippen LogP contribution in [0.25, 0.3) is 0 Å². The molecular formula is C27H52NO10P. The molecule has 0 radical (unpaired) electrons. The number of phosphoric acid groups is 1. The van der Waals surface area contributed by atoms with E-state index in [9.17, 15) is 23.8 Å². The highest BCUT2D eigenvalue weighted by Gasteiger charge is 2.28. The molecule has 0 amide bonds. The number of unbranched alkanes of at least 4 members (excludes halogenated alkanes) is 14. The van der Waals surface area contributed by atoms with Crippen molar-refractivity contribution < 1.29 is 47.5 Å². The van der Waals surface area contributed by atoms with Gasteiger partial charge in [-0.2, -0.15) is 0 Å². The molecule has 0 aromatic heterocycles. The maximum absolute atomic E-state index is 12.3. The first-order valence-electron chi connectivity index (χ1n) is 14.6. The second kappa shape index (κ2) is 24.3. The average Bonchev–Trinajstić information content (AvgIpc) is 2.90. The van der Waals surface area contributed by atoms with Crippen LogP contribution in [0.15, 0.2) is 0 Å². The maximum atomic E-state index is 12.3. The molecule has 0 aliphatic heterocycles. The maximum Gasteiger partial charge on any atom is 0.472 e. The summed E-state index contributed by atoms with van der Waals surface area (Å²) >= 11 is 0. The summed E-state index contributed by atoms with van der Waals surface area (Å²) in [6.45, 7) is 2.14. The van der Waals surface area contributed by atoms with Crippen molar-refractivity contribution in [2.75, 3.05) is 19.8 Å². The van der Waals surface area contributed by atoms with Crippen molar-refractivity contribution in [1.29, 1.82) is 0 Å². The van der Waals surface area contributed by atoms with Gasteiger partial charge in [0.25, 0.3) is 0 Å². The van der Waals surface area contributed by atoms with Crippen molar-refractivity contribution in [3.8, 4) is 0 Å². The van der Waals surface area contributed by atoms with Gasteiger partial charge in [0.1, 0.15) is 12.6 Å². The Bertz CT molecular complexity index is 706. The first-order valence-corrected chi connectivity index (χ1v) is 16.1. The number of phosphoric ester groups is 1. The van der Waals surface area contributed by atoms with Crippen LogP contribution in [-0.2, 0) is 37.5 Å². The molecule has 0 aliphatic rings. The number of carboxylic acid groups (broad SMARTS) is 1. The quantitative estimate of drug-likeness (QED) is 0.0621. The van der Waals surface area contributed by atoms with E-state index < -0.39 is 51.1 Å². The van der Waals surface area contributed by atoms with Crippen molar-refractivity contribution in [3.05, 3.63) is 0 Å². The van der Waals surface area contributed by atoms with E-state index in [1.54, 1.807) is 6.92 Å². The number of hydrogen-bond acceptors (Lipinski definition) is 9. The molecule has 0 aliphatic carbocycles. The molecular weight excluding hydrogens is 529 g/mol. The molecule has 39 heavy (non-hydrogen) atoms. The molecule has 0 spiro atoms. The topological polar surface area (TPSA) is 172 Å². The Hall–Kier alpha value is -1.52. The van der Waals surface area contributed by atoms with Crippen LogP contribution in [0.3, 0.4) is 0 Å². The largest absolute Gasteiger partial charge is 0.480 e. The zero-order valence-corrected chi connectivity index (χ0v) is 24.9. The van der Waals surface area contributed by atoms with Gasteiger partial charge in [0, 0.05) is 12.8 Å². The van der Waals surface area contributed by atoms with E-state index in [-0.39, 0.29) is 19.4 Å². The van der Waals surface area contributed by atoms with Gasteiger partial charge in [0.05, 0.1) is 13.2 Å². The summed E-state index contributed by atoms with van der Waals surface area (Å²) in [5.74, 6) is -2.48. The van der Waals surface area contributed by atoms with E-state index in [0.29, 0.717) is 6.42 Å². The molecule has 0 fully saturated rings. The third-order valence-electron chi connectivity index (χ3n) is 6.16. The number of nitrogens with two attached hydrogens (primary N) is 1. The van der Waals surface area contributed by atoms with Gasteiger partial charge in [-0.1, -0.05) is 104 Å². The molecule has 4 N–H and O–H groups in total. The van der Waals surface area contributed by atoms with Crippen LogP contribution in [0.4, 0.5) is 0 Å². The lowest BCUT2D eigenvalue weighted by molar-refractivity contribution is -0.161.